The van der Waals surface area contributed by atoms with Crippen molar-refractivity contribution in [1.82, 2.24) is 20.2 Å². The van der Waals surface area contributed by atoms with E-state index in [4.69, 9.17) is 0 Å². The number of hydrogen-bond donors (Lipinski definition) is 2. The van der Waals surface area contributed by atoms with E-state index in [2.05, 4.69) is 20.2 Å². The summed E-state index contributed by atoms with van der Waals surface area (Å²) in [6.45, 7) is 2.13. The van der Waals surface area contributed by atoms with Crippen molar-refractivity contribution in [1.29, 1.82) is 0 Å². The number of amides is 1. The standard InChI is InChI=1S/C21H21F3N4O/c22-21(23,24)20-25-16-9-8-15(12-17(16)26-20)19(14-6-2-1-3-7-14)27-18(29)13-28-10-4-5-11-28/h1-3,6-9,12,19H,4-5,10-11,13H2,(H,25,26)(H,27,29). The highest BCUT2D eigenvalue weighted by Crippen LogP contribution is 2.30. The number of nitrogens with one attached hydrogen (secondary N) is 2. The van der Waals surface area contributed by atoms with E-state index in [1.165, 1.54) is 0 Å². The number of aromatic amines is 1. The van der Waals surface area contributed by atoms with Crippen molar-refractivity contribution in [3.8, 4) is 0 Å². The number of benzene rings is 2. The van der Waals surface area contributed by atoms with Crippen molar-refractivity contribution >= 4 is 16.9 Å². The number of alkyl halides is 3. The van der Waals surface area contributed by atoms with Gasteiger partial charge in [-0.05, 0) is 49.2 Å². The van der Waals surface area contributed by atoms with Gasteiger partial charge in [0.2, 0.25) is 11.7 Å². The van der Waals surface area contributed by atoms with Crippen LogP contribution >= 0.6 is 0 Å². The number of nitrogens with zero attached hydrogens (tertiary/aromatic N) is 2. The van der Waals surface area contributed by atoms with Crippen molar-refractivity contribution in [2.45, 2.75) is 25.1 Å². The summed E-state index contributed by atoms with van der Waals surface area (Å²) in [5.41, 5.74) is 2.06. The topological polar surface area (TPSA) is 61.0 Å². The van der Waals surface area contributed by atoms with E-state index >= 15 is 0 Å². The van der Waals surface area contributed by atoms with E-state index in [0.29, 0.717) is 12.1 Å². The largest absolute Gasteiger partial charge is 0.449 e. The summed E-state index contributed by atoms with van der Waals surface area (Å²) in [5.74, 6) is -1.14. The van der Waals surface area contributed by atoms with Crippen LogP contribution in [-0.2, 0) is 11.0 Å². The molecule has 0 spiro atoms. The van der Waals surface area contributed by atoms with Gasteiger partial charge in [-0.25, -0.2) is 4.98 Å². The molecule has 2 heterocycles. The highest BCUT2D eigenvalue weighted by atomic mass is 19.4. The van der Waals surface area contributed by atoms with Crippen LogP contribution in [0.2, 0.25) is 0 Å². The molecule has 0 radical (unpaired) electrons. The highest BCUT2D eigenvalue weighted by molar-refractivity contribution is 5.80. The van der Waals surface area contributed by atoms with Gasteiger partial charge < -0.3 is 10.3 Å². The molecule has 152 valence electrons. The van der Waals surface area contributed by atoms with Gasteiger partial charge in [0.25, 0.3) is 0 Å². The maximum absolute atomic E-state index is 13.0. The van der Waals surface area contributed by atoms with Crippen LogP contribution in [0.1, 0.15) is 35.8 Å². The van der Waals surface area contributed by atoms with Gasteiger partial charge in [-0.2, -0.15) is 13.2 Å². The minimum atomic E-state index is -4.54. The number of H-pyrrole nitrogens is 1. The molecule has 1 unspecified atom stereocenters. The molecule has 3 aromatic rings. The van der Waals surface area contributed by atoms with Gasteiger partial charge in [0.15, 0.2) is 0 Å². The van der Waals surface area contributed by atoms with Crippen molar-refractivity contribution in [3.63, 3.8) is 0 Å². The van der Waals surface area contributed by atoms with Gasteiger partial charge in [0.1, 0.15) is 0 Å². The minimum absolute atomic E-state index is 0.110. The van der Waals surface area contributed by atoms with E-state index in [1.54, 1.807) is 18.2 Å². The maximum Gasteiger partial charge on any atom is 0.449 e. The average Bonchev–Trinajstić information content (AvgIpc) is 3.35. The Morgan fingerprint density at radius 3 is 2.52 bits per heavy atom. The van der Waals surface area contributed by atoms with Gasteiger partial charge >= 0.3 is 6.18 Å². The zero-order valence-electron chi connectivity index (χ0n) is 15.7. The quantitative estimate of drug-likeness (QED) is 0.681. The van der Waals surface area contributed by atoms with Crippen LogP contribution in [0.3, 0.4) is 0 Å². The Morgan fingerprint density at radius 1 is 1.10 bits per heavy atom. The highest BCUT2D eigenvalue weighted by Gasteiger charge is 2.34. The molecule has 0 saturated carbocycles. The van der Waals surface area contributed by atoms with Gasteiger partial charge in [-0.3, -0.25) is 9.69 Å². The number of likely N-dealkylation sites (tertiary alicyclic amines) is 1. The van der Waals surface area contributed by atoms with Crippen LogP contribution in [0.25, 0.3) is 11.0 Å². The lowest BCUT2D eigenvalue weighted by Gasteiger charge is -2.22. The molecule has 2 aromatic carbocycles. The van der Waals surface area contributed by atoms with Gasteiger partial charge in [-0.1, -0.05) is 36.4 Å². The van der Waals surface area contributed by atoms with Crippen LogP contribution in [-0.4, -0.2) is 40.4 Å². The van der Waals surface area contributed by atoms with Crippen molar-refractivity contribution < 1.29 is 18.0 Å². The number of fused-ring (bicyclic) bond motifs is 1. The molecule has 1 saturated heterocycles. The van der Waals surface area contributed by atoms with E-state index in [0.717, 1.165) is 31.5 Å². The van der Waals surface area contributed by atoms with Crippen molar-refractivity contribution in [3.05, 3.63) is 65.5 Å². The second kappa shape index (κ2) is 7.87. The summed E-state index contributed by atoms with van der Waals surface area (Å²) < 4.78 is 38.9. The lowest BCUT2D eigenvalue weighted by molar-refractivity contribution is -0.144. The summed E-state index contributed by atoms with van der Waals surface area (Å²) >= 11 is 0. The van der Waals surface area contributed by atoms with Gasteiger partial charge in [0, 0.05) is 0 Å². The summed E-state index contributed by atoms with van der Waals surface area (Å²) in [4.78, 5) is 20.7. The minimum Gasteiger partial charge on any atom is -0.344 e. The van der Waals surface area contributed by atoms with Crippen LogP contribution < -0.4 is 5.32 Å². The predicted octanol–water partition coefficient (Wildman–Crippen LogP) is 3.88. The molecule has 1 aliphatic rings. The Hall–Kier alpha value is -2.87. The predicted molar refractivity (Wildman–Crippen MR) is 103 cm³/mol. The van der Waals surface area contributed by atoms with E-state index in [-0.39, 0.29) is 16.9 Å². The van der Waals surface area contributed by atoms with Gasteiger partial charge in [-0.15, -0.1) is 0 Å². The summed E-state index contributed by atoms with van der Waals surface area (Å²) in [5, 5.41) is 3.04. The second-order valence-electron chi connectivity index (χ2n) is 7.25. The van der Waals surface area contributed by atoms with Crippen LogP contribution in [0.5, 0.6) is 0 Å². The third kappa shape index (κ3) is 4.42. The second-order valence-corrected chi connectivity index (χ2v) is 7.25. The Labute approximate surface area is 165 Å². The molecular formula is C21H21F3N4O. The molecule has 4 rings (SSSR count). The Morgan fingerprint density at radius 2 is 1.83 bits per heavy atom. The molecule has 1 fully saturated rings. The molecule has 1 atom stereocenters. The third-order valence-corrected chi connectivity index (χ3v) is 5.11. The molecule has 0 aliphatic carbocycles. The first-order valence-corrected chi connectivity index (χ1v) is 9.54. The first-order valence-electron chi connectivity index (χ1n) is 9.54. The number of carbonyl (C=O) groups is 1. The number of rotatable bonds is 5. The lowest BCUT2D eigenvalue weighted by atomic mass is 9.98. The fourth-order valence-corrected chi connectivity index (χ4v) is 3.70. The molecule has 8 heteroatoms. The zero-order valence-corrected chi connectivity index (χ0v) is 15.7. The third-order valence-electron chi connectivity index (χ3n) is 5.11. The van der Waals surface area contributed by atoms with E-state index < -0.39 is 18.0 Å². The zero-order chi connectivity index (χ0) is 20.4. The SMILES string of the molecule is O=C(CN1CCCC1)NC(c1ccccc1)c1ccc2nc(C(F)(F)F)[nH]c2c1. The Kier molecular flexibility index (Phi) is 5.27. The molecule has 2 N–H and O–H groups in total. The molecule has 29 heavy (non-hydrogen) atoms. The number of imidazole rings is 1. The Bertz CT molecular complexity index is 994. The smallest absolute Gasteiger partial charge is 0.344 e. The summed E-state index contributed by atoms with van der Waals surface area (Å²) in [6.07, 6.45) is -2.36. The van der Waals surface area contributed by atoms with E-state index in [1.807, 2.05) is 30.3 Å². The average molecular weight is 402 g/mol. The van der Waals surface area contributed by atoms with Crippen molar-refractivity contribution in [2.24, 2.45) is 0 Å². The number of hydrogen-bond acceptors (Lipinski definition) is 3. The fraction of sp³-hybridized carbons (Fsp3) is 0.333. The van der Waals surface area contributed by atoms with E-state index in [9.17, 15) is 18.0 Å². The molecule has 1 aliphatic heterocycles. The first-order chi connectivity index (χ1) is 13.9. The number of carbonyl (C=O) groups excluding carboxylic acids is 1. The summed E-state index contributed by atoms with van der Waals surface area (Å²) in [7, 11) is 0. The monoisotopic (exact) mass is 402 g/mol. The molecular weight excluding hydrogens is 381 g/mol. The Balaban J connectivity index is 1.64. The maximum atomic E-state index is 13.0. The first kappa shape index (κ1) is 19.4. The number of halogens is 3. The van der Waals surface area contributed by atoms with Crippen LogP contribution in [0, 0.1) is 0 Å². The van der Waals surface area contributed by atoms with Crippen molar-refractivity contribution in [2.75, 3.05) is 19.6 Å². The molecule has 1 amide bonds. The summed E-state index contributed by atoms with van der Waals surface area (Å²) in [6, 6.07) is 13.8. The fourth-order valence-electron chi connectivity index (χ4n) is 3.70. The van der Waals surface area contributed by atoms with Crippen LogP contribution in [0.4, 0.5) is 13.2 Å². The normalized spacial score (nSPS) is 16.2. The molecule has 1 aromatic heterocycles. The lowest BCUT2D eigenvalue weighted by Crippen LogP contribution is -2.38. The molecule has 5 nitrogen and oxygen atoms in total. The van der Waals surface area contributed by atoms with Gasteiger partial charge in [0.05, 0.1) is 23.6 Å². The van der Waals surface area contributed by atoms with Crippen LogP contribution in [0.15, 0.2) is 48.5 Å². The molecule has 0 bridgehead atoms. The number of aromatic nitrogens is 2.